The minimum atomic E-state index is -0.0790. The highest BCUT2D eigenvalue weighted by Crippen LogP contribution is 2.31. The Balaban J connectivity index is 1.19. The van der Waals surface area contributed by atoms with Gasteiger partial charge in [-0.2, -0.15) is 5.10 Å². The fraction of sp³-hybridized carbons (Fsp3) is 0.696. The Morgan fingerprint density at radius 1 is 1.03 bits per heavy atom. The van der Waals surface area contributed by atoms with Gasteiger partial charge in [0.1, 0.15) is 0 Å². The number of hydrogen-bond acceptors (Lipinski definition) is 10. The molecule has 10 nitrogen and oxygen atoms in total. The maximum atomic E-state index is 13.5. The van der Waals surface area contributed by atoms with Gasteiger partial charge in [0.05, 0.1) is 6.04 Å². The molecule has 3 aliphatic rings. The molecule has 4 heterocycles. The van der Waals surface area contributed by atoms with Gasteiger partial charge in [0, 0.05) is 51.5 Å². The standard InChI is InChI=1S/C23H35N9OS/c1-30-12-14-31(15-13-30)20(17-6-3-2-4-7-17)21(33)26-23-29-28-22(34-23)25-18-9-11-32(16-18)19-8-5-10-24-27-19/h5,8,10,17-18,20H,2-4,6-7,9,11-16H2,1H3,(H,25,28)(H,26,29,33)/t18-,20?/m1/s1. The summed E-state index contributed by atoms with van der Waals surface area (Å²) in [6.07, 6.45) is 8.69. The Labute approximate surface area is 205 Å². The number of piperazine rings is 1. The SMILES string of the molecule is CN1CCN(C(C(=O)Nc2nnc(N[C@@H]3CCN(c4cccnn4)C3)s2)C2CCCCC2)CC1. The van der Waals surface area contributed by atoms with Gasteiger partial charge in [-0.25, -0.2) is 0 Å². The highest BCUT2D eigenvalue weighted by molar-refractivity contribution is 7.19. The third-order valence-corrected chi connectivity index (χ3v) is 8.12. The molecule has 0 aromatic carbocycles. The van der Waals surface area contributed by atoms with Crippen LogP contribution in [0.3, 0.4) is 0 Å². The molecule has 2 aromatic heterocycles. The van der Waals surface area contributed by atoms with E-state index in [0.29, 0.717) is 11.0 Å². The Morgan fingerprint density at radius 3 is 2.59 bits per heavy atom. The van der Waals surface area contributed by atoms with Gasteiger partial charge in [-0.05, 0) is 44.4 Å². The predicted octanol–water partition coefficient (Wildman–Crippen LogP) is 2.15. The first kappa shape index (κ1) is 23.4. The van der Waals surface area contributed by atoms with Crippen LogP contribution in [0.25, 0.3) is 0 Å². The Bertz CT molecular complexity index is 928. The van der Waals surface area contributed by atoms with Gasteiger partial charge in [-0.1, -0.05) is 30.6 Å². The van der Waals surface area contributed by atoms with Crippen LogP contribution >= 0.6 is 11.3 Å². The molecule has 2 saturated heterocycles. The Morgan fingerprint density at radius 2 is 1.82 bits per heavy atom. The minimum absolute atomic E-state index is 0.0776. The van der Waals surface area contributed by atoms with Crippen molar-refractivity contribution in [2.75, 3.05) is 61.8 Å². The van der Waals surface area contributed by atoms with E-state index in [4.69, 9.17) is 0 Å². The lowest BCUT2D eigenvalue weighted by Gasteiger charge is -2.41. The van der Waals surface area contributed by atoms with E-state index in [9.17, 15) is 4.79 Å². The molecule has 0 radical (unpaired) electrons. The summed E-state index contributed by atoms with van der Waals surface area (Å²) >= 11 is 1.42. The molecule has 2 atom stereocenters. The number of hydrogen-bond donors (Lipinski definition) is 2. The number of carbonyl (C=O) groups excluding carboxylic acids is 1. The Kier molecular flexibility index (Phi) is 7.51. The molecule has 5 rings (SSSR count). The van der Waals surface area contributed by atoms with Crippen LogP contribution in [0.5, 0.6) is 0 Å². The third kappa shape index (κ3) is 5.64. The lowest BCUT2D eigenvalue weighted by atomic mass is 9.82. The average Bonchev–Trinajstić information content (AvgIpc) is 3.52. The summed E-state index contributed by atoms with van der Waals surface area (Å²) in [4.78, 5) is 20.4. The first-order chi connectivity index (χ1) is 16.7. The van der Waals surface area contributed by atoms with Crippen molar-refractivity contribution in [3.05, 3.63) is 18.3 Å². The zero-order valence-electron chi connectivity index (χ0n) is 19.9. The van der Waals surface area contributed by atoms with Gasteiger partial charge >= 0.3 is 0 Å². The summed E-state index contributed by atoms with van der Waals surface area (Å²) in [5, 5.41) is 24.7. The number of nitrogens with zero attached hydrogens (tertiary/aromatic N) is 7. The summed E-state index contributed by atoms with van der Waals surface area (Å²) in [6, 6.07) is 4.08. The van der Waals surface area contributed by atoms with Gasteiger partial charge < -0.3 is 15.1 Å². The summed E-state index contributed by atoms with van der Waals surface area (Å²) in [5.74, 6) is 1.40. The number of nitrogens with one attached hydrogen (secondary N) is 2. The van der Waals surface area contributed by atoms with E-state index in [2.05, 4.69) is 52.8 Å². The fourth-order valence-corrected chi connectivity index (χ4v) is 6.19. The second kappa shape index (κ2) is 10.9. The molecule has 2 aliphatic heterocycles. The van der Waals surface area contributed by atoms with Crippen LogP contribution in [0.2, 0.25) is 0 Å². The average molecular weight is 486 g/mol. The monoisotopic (exact) mass is 485 g/mol. The van der Waals surface area contributed by atoms with Crippen LogP contribution in [0.15, 0.2) is 18.3 Å². The van der Waals surface area contributed by atoms with Crippen LogP contribution in [0.4, 0.5) is 16.1 Å². The Hall–Kier alpha value is -2.37. The lowest BCUT2D eigenvalue weighted by molar-refractivity contribution is -0.124. The molecule has 3 fully saturated rings. The number of amides is 1. The normalized spacial score (nSPS) is 23.7. The molecule has 1 saturated carbocycles. The van der Waals surface area contributed by atoms with E-state index in [1.54, 1.807) is 6.20 Å². The van der Waals surface area contributed by atoms with Crippen LogP contribution < -0.4 is 15.5 Å². The zero-order chi connectivity index (χ0) is 23.3. The second-order valence-electron chi connectivity index (χ2n) is 9.74. The van der Waals surface area contributed by atoms with Gasteiger partial charge in [0.25, 0.3) is 0 Å². The van der Waals surface area contributed by atoms with E-state index in [-0.39, 0.29) is 18.0 Å². The summed E-state index contributed by atoms with van der Waals surface area (Å²) in [5.41, 5.74) is 0. The van der Waals surface area contributed by atoms with Crippen LogP contribution in [0.1, 0.15) is 38.5 Å². The lowest BCUT2D eigenvalue weighted by Crippen LogP contribution is -2.55. The van der Waals surface area contributed by atoms with Crippen molar-refractivity contribution in [1.82, 2.24) is 30.2 Å². The molecular weight excluding hydrogens is 450 g/mol. The molecule has 2 aromatic rings. The largest absolute Gasteiger partial charge is 0.355 e. The van der Waals surface area contributed by atoms with Gasteiger partial charge in [-0.15, -0.1) is 15.3 Å². The van der Waals surface area contributed by atoms with Crippen molar-refractivity contribution in [3.63, 3.8) is 0 Å². The number of rotatable bonds is 7. The first-order valence-electron chi connectivity index (χ1n) is 12.5. The number of aromatic nitrogens is 4. The molecule has 11 heteroatoms. The van der Waals surface area contributed by atoms with Crippen molar-refractivity contribution in [3.8, 4) is 0 Å². The molecular formula is C23H35N9OS. The van der Waals surface area contributed by atoms with E-state index in [1.807, 2.05) is 12.1 Å². The van der Waals surface area contributed by atoms with Crippen molar-refractivity contribution < 1.29 is 4.79 Å². The third-order valence-electron chi connectivity index (χ3n) is 7.35. The quantitative estimate of drug-likeness (QED) is 0.611. The molecule has 1 aliphatic carbocycles. The summed E-state index contributed by atoms with van der Waals surface area (Å²) in [7, 11) is 2.15. The maximum absolute atomic E-state index is 13.5. The van der Waals surface area contributed by atoms with Crippen molar-refractivity contribution in [2.24, 2.45) is 5.92 Å². The second-order valence-corrected chi connectivity index (χ2v) is 10.7. The molecule has 0 bridgehead atoms. The molecule has 2 N–H and O–H groups in total. The van der Waals surface area contributed by atoms with E-state index in [0.717, 1.165) is 69.5 Å². The molecule has 1 amide bonds. The minimum Gasteiger partial charge on any atom is -0.355 e. The van der Waals surface area contributed by atoms with E-state index < -0.39 is 0 Å². The molecule has 184 valence electrons. The highest BCUT2D eigenvalue weighted by Gasteiger charge is 2.36. The van der Waals surface area contributed by atoms with Gasteiger partial charge in [-0.3, -0.25) is 15.0 Å². The van der Waals surface area contributed by atoms with Gasteiger partial charge in [0.15, 0.2) is 5.82 Å². The van der Waals surface area contributed by atoms with Crippen LogP contribution in [0, 0.1) is 5.92 Å². The zero-order valence-corrected chi connectivity index (χ0v) is 20.7. The van der Waals surface area contributed by atoms with E-state index in [1.165, 1.54) is 30.6 Å². The highest BCUT2D eigenvalue weighted by atomic mass is 32.1. The van der Waals surface area contributed by atoms with Crippen molar-refractivity contribution >= 4 is 33.3 Å². The molecule has 34 heavy (non-hydrogen) atoms. The topological polar surface area (TPSA) is 102 Å². The fourth-order valence-electron chi connectivity index (χ4n) is 5.46. The van der Waals surface area contributed by atoms with Crippen LogP contribution in [-0.4, -0.2) is 94.5 Å². The van der Waals surface area contributed by atoms with Crippen molar-refractivity contribution in [2.45, 2.75) is 50.6 Å². The van der Waals surface area contributed by atoms with Gasteiger partial charge in [0.2, 0.25) is 16.2 Å². The number of anilines is 3. The van der Waals surface area contributed by atoms with Crippen molar-refractivity contribution in [1.29, 1.82) is 0 Å². The first-order valence-corrected chi connectivity index (χ1v) is 13.3. The van der Waals surface area contributed by atoms with Crippen LogP contribution in [-0.2, 0) is 4.79 Å². The molecule has 0 spiro atoms. The predicted molar refractivity (Wildman–Crippen MR) is 134 cm³/mol. The smallest absolute Gasteiger partial charge is 0.243 e. The maximum Gasteiger partial charge on any atom is 0.243 e. The van der Waals surface area contributed by atoms with E-state index >= 15 is 0 Å². The number of carbonyl (C=O) groups is 1. The summed E-state index contributed by atoms with van der Waals surface area (Å²) in [6.45, 7) is 5.67. The molecule has 1 unspecified atom stereocenters. The number of likely N-dealkylation sites (N-methyl/N-ethyl adjacent to an activating group) is 1. The summed E-state index contributed by atoms with van der Waals surface area (Å²) < 4.78 is 0.